The van der Waals surface area contributed by atoms with E-state index < -0.39 is 5.54 Å². The molecule has 0 atom stereocenters. The van der Waals surface area contributed by atoms with Gasteiger partial charge in [0.05, 0.1) is 7.11 Å². The van der Waals surface area contributed by atoms with Crippen LogP contribution in [0.4, 0.5) is 5.69 Å². The largest absolute Gasteiger partial charge is 1.00 e. The Morgan fingerprint density at radius 2 is 1.60 bits per heavy atom. The number of benzene rings is 2. The van der Waals surface area contributed by atoms with E-state index in [-0.39, 0.29) is 42.9 Å². The summed E-state index contributed by atoms with van der Waals surface area (Å²) in [6.07, 6.45) is 2.44. The predicted octanol–water partition coefficient (Wildman–Crippen LogP) is 0.796. The number of piperidine rings is 1. The smallest absolute Gasteiger partial charge is 1.00 e. The van der Waals surface area contributed by atoms with Crippen LogP contribution in [-0.2, 0) is 20.7 Å². The molecule has 0 N–H and O–H groups in total. The van der Waals surface area contributed by atoms with E-state index >= 15 is 0 Å². The van der Waals surface area contributed by atoms with Gasteiger partial charge in [0.2, 0.25) is 5.91 Å². The molecule has 2 aromatic rings. The molecule has 1 aliphatic heterocycles. The van der Waals surface area contributed by atoms with Gasteiger partial charge < -0.3 is 11.1 Å². The number of hydrogen-bond acceptors (Lipinski definition) is 4. The monoisotopic (exact) mass is 418 g/mol. The van der Waals surface area contributed by atoms with Crippen molar-refractivity contribution in [3.05, 3.63) is 66.2 Å². The number of anilines is 1. The molecule has 0 aliphatic carbocycles. The van der Waals surface area contributed by atoms with Crippen LogP contribution >= 0.6 is 0 Å². The molecule has 156 valence electrons. The van der Waals surface area contributed by atoms with Gasteiger partial charge in [0.25, 0.3) is 0 Å². The molecule has 0 unspecified atom stereocenters. The Bertz CT molecular complexity index is 812. The quantitative estimate of drug-likeness (QED) is 0.493. The minimum absolute atomic E-state index is 0. The fraction of sp³-hybridized carbons (Fsp3) is 0.417. The Balaban J connectivity index is 0.00000240. The van der Waals surface area contributed by atoms with E-state index in [2.05, 4.69) is 29.2 Å². The molecular formula is C24H31N2NaO3. The molecule has 1 heterocycles. The standard InChI is InChI=1S/C24H30N2O3.Na.H/c1-3-22(27)26(21-12-8-5-9-13-21)24(23(28)29-2)15-18-25(19-16-24)17-14-20-10-6-4-7-11-20;;/h4-13H,3,14-19H2,1-2H3;;/q;+1;-1. The molecule has 1 fully saturated rings. The van der Waals surface area contributed by atoms with Crippen LogP contribution in [0.25, 0.3) is 0 Å². The zero-order valence-corrected chi connectivity index (χ0v) is 20.3. The molecule has 0 radical (unpaired) electrons. The predicted molar refractivity (Wildman–Crippen MR) is 116 cm³/mol. The number of rotatable bonds is 7. The van der Waals surface area contributed by atoms with Crippen molar-refractivity contribution in [3.63, 3.8) is 0 Å². The average Bonchev–Trinajstić information content (AvgIpc) is 2.79. The fourth-order valence-corrected chi connectivity index (χ4v) is 4.15. The van der Waals surface area contributed by atoms with Gasteiger partial charge in [0.15, 0.2) is 0 Å². The van der Waals surface area contributed by atoms with E-state index in [1.165, 1.54) is 12.7 Å². The average molecular weight is 419 g/mol. The minimum Gasteiger partial charge on any atom is -1.00 e. The number of carbonyl (C=O) groups is 2. The zero-order valence-electron chi connectivity index (χ0n) is 19.3. The first-order valence-corrected chi connectivity index (χ1v) is 10.3. The molecule has 1 amide bonds. The van der Waals surface area contributed by atoms with E-state index in [1.54, 1.807) is 4.90 Å². The topological polar surface area (TPSA) is 49.9 Å². The van der Waals surface area contributed by atoms with E-state index in [4.69, 9.17) is 4.74 Å². The summed E-state index contributed by atoms with van der Waals surface area (Å²) in [4.78, 5) is 30.0. The van der Waals surface area contributed by atoms with Crippen LogP contribution < -0.4 is 34.5 Å². The second-order valence-corrected chi connectivity index (χ2v) is 7.52. The summed E-state index contributed by atoms with van der Waals surface area (Å²) >= 11 is 0. The van der Waals surface area contributed by atoms with Gasteiger partial charge in [-0.15, -0.1) is 0 Å². The fourth-order valence-electron chi connectivity index (χ4n) is 4.15. The Hall–Kier alpha value is -1.66. The normalized spacial score (nSPS) is 15.7. The number of carbonyl (C=O) groups excluding carboxylic acids is 2. The van der Waals surface area contributed by atoms with E-state index in [1.807, 2.05) is 43.3 Å². The number of likely N-dealkylation sites (tertiary alicyclic amines) is 1. The molecular weight excluding hydrogens is 387 g/mol. The van der Waals surface area contributed by atoms with Gasteiger partial charge in [-0.2, -0.15) is 0 Å². The molecule has 1 saturated heterocycles. The maximum atomic E-state index is 13.0. The van der Waals surface area contributed by atoms with Crippen molar-refractivity contribution in [3.8, 4) is 0 Å². The van der Waals surface area contributed by atoms with Gasteiger partial charge in [0, 0.05) is 31.7 Å². The van der Waals surface area contributed by atoms with Crippen LogP contribution in [0, 0.1) is 0 Å². The van der Waals surface area contributed by atoms with Crippen LogP contribution in [0.3, 0.4) is 0 Å². The van der Waals surface area contributed by atoms with E-state index in [9.17, 15) is 9.59 Å². The van der Waals surface area contributed by atoms with Crippen LogP contribution in [0.15, 0.2) is 60.7 Å². The van der Waals surface area contributed by atoms with Gasteiger partial charge in [-0.3, -0.25) is 9.69 Å². The second kappa shape index (κ2) is 11.7. The third-order valence-electron chi connectivity index (χ3n) is 5.80. The summed E-state index contributed by atoms with van der Waals surface area (Å²) in [5.41, 5.74) is 1.11. The maximum Gasteiger partial charge on any atom is 1.00 e. The first-order valence-electron chi connectivity index (χ1n) is 10.3. The summed E-state index contributed by atoms with van der Waals surface area (Å²) in [7, 11) is 1.41. The molecule has 1 aliphatic rings. The molecule has 0 aromatic heterocycles. The second-order valence-electron chi connectivity index (χ2n) is 7.52. The van der Waals surface area contributed by atoms with Crippen molar-refractivity contribution in [2.24, 2.45) is 0 Å². The molecule has 2 aromatic carbocycles. The van der Waals surface area contributed by atoms with Gasteiger partial charge in [-0.25, -0.2) is 4.79 Å². The molecule has 0 saturated carbocycles. The summed E-state index contributed by atoms with van der Waals surface area (Å²) in [6, 6.07) is 19.9. The summed E-state index contributed by atoms with van der Waals surface area (Å²) < 4.78 is 5.20. The first-order chi connectivity index (χ1) is 14.1. The van der Waals surface area contributed by atoms with Crippen molar-refractivity contribution in [2.75, 3.05) is 31.6 Å². The summed E-state index contributed by atoms with van der Waals surface area (Å²) in [5.74, 6) is -0.384. The molecule has 0 spiro atoms. The minimum atomic E-state index is -0.952. The van der Waals surface area contributed by atoms with Crippen molar-refractivity contribution >= 4 is 17.6 Å². The van der Waals surface area contributed by atoms with Crippen molar-refractivity contribution < 1.29 is 45.3 Å². The van der Waals surface area contributed by atoms with Gasteiger partial charge in [-0.1, -0.05) is 55.5 Å². The summed E-state index contributed by atoms with van der Waals surface area (Å²) in [5, 5.41) is 0. The molecule has 30 heavy (non-hydrogen) atoms. The molecule has 5 nitrogen and oxygen atoms in total. The van der Waals surface area contributed by atoms with Crippen molar-refractivity contribution in [1.82, 2.24) is 4.90 Å². The van der Waals surface area contributed by atoms with E-state index in [0.717, 1.165) is 31.7 Å². The number of esters is 1. The third kappa shape index (κ3) is 5.52. The molecule has 6 heteroatoms. The Labute approximate surface area is 203 Å². The number of ether oxygens (including phenoxy) is 1. The number of para-hydroxylation sites is 1. The first kappa shape index (κ1) is 24.6. The zero-order chi connectivity index (χ0) is 20.7. The van der Waals surface area contributed by atoms with Crippen molar-refractivity contribution in [1.29, 1.82) is 0 Å². The number of methoxy groups -OCH3 is 1. The SMILES string of the molecule is CCC(=O)N(c1ccccc1)C1(C(=O)OC)CCN(CCc2ccccc2)CC1.[H-].[Na+]. The van der Waals surface area contributed by atoms with Gasteiger partial charge in [0.1, 0.15) is 5.54 Å². The van der Waals surface area contributed by atoms with Gasteiger partial charge in [-0.05, 0) is 37.0 Å². The van der Waals surface area contributed by atoms with Crippen LogP contribution in [0.1, 0.15) is 33.2 Å². The number of hydrogen-bond donors (Lipinski definition) is 0. The number of amides is 1. The Morgan fingerprint density at radius 1 is 1.03 bits per heavy atom. The van der Waals surface area contributed by atoms with Crippen LogP contribution in [0.2, 0.25) is 0 Å². The molecule has 3 rings (SSSR count). The summed E-state index contributed by atoms with van der Waals surface area (Å²) in [6.45, 7) is 4.27. The van der Waals surface area contributed by atoms with E-state index in [0.29, 0.717) is 19.3 Å². The number of nitrogens with zero attached hydrogens (tertiary/aromatic N) is 2. The maximum absolute atomic E-state index is 13.0. The third-order valence-corrected chi connectivity index (χ3v) is 5.80. The Morgan fingerprint density at radius 3 is 2.13 bits per heavy atom. The van der Waals surface area contributed by atoms with Crippen LogP contribution in [0.5, 0.6) is 0 Å². The Kier molecular flexibility index (Phi) is 9.56. The van der Waals surface area contributed by atoms with Gasteiger partial charge >= 0.3 is 35.5 Å². The van der Waals surface area contributed by atoms with Crippen molar-refractivity contribution in [2.45, 2.75) is 38.1 Å². The van der Waals surface area contributed by atoms with Crippen LogP contribution in [-0.4, -0.2) is 49.1 Å². The molecule has 0 bridgehead atoms.